The summed E-state index contributed by atoms with van der Waals surface area (Å²) in [7, 11) is 0. The van der Waals surface area contributed by atoms with Gasteiger partial charge in [-0.05, 0) is 49.3 Å². The second kappa shape index (κ2) is 6.50. The van der Waals surface area contributed by atoms with Gasteiger partial charge in [-0.15, -0.1) is 0 Å². The third kappa shape index (κ3) is 3.99. The van der Waals surface area contributed by atoms with Crippen LogP contribution in [0.5, 0.6) is 0 Å². The SMILES string of the molecule is Nc1cccc(CN(C(=O)CC2CCCCC2)C2CC2)c1. The fourth-order valence-corrected chi connectivity index (χ4v) is 3.45. The molecule has 1 aromatic rings. The Morgan fingerprint density at radius 1 is 1.14 bits per heavy atom. The summed E-state index contributed by atoms with van der Waals surface area (Å²) in [6, 6.07) is 8.40. The standard InChI is InChI=1S/C18H26N2O/c19-16-8-4-7-15(11-16)13-20(17-9-10-17)18(21)12-14-5-2-1-3-6-14/h4,7-8,11,14,17H,1-3,5-6,9-10,12-13,19H2. The van der Waals surface area contributed by atoms with Gasteiger partial charge in [0.1, 0.15) is 0 Å². The Bertz CT molecular complexity index is 490. The average molecular weight is 286 g/mol. The molecule has 0 unspecified atom stereocenters. The molecule has 2 saturated carbocycles. The Morgan fingerprint density at radius 2 is 1.90 bits per heavy atom. The van der Waals surface area contributed by atoms with Crippen LogP contribution in [0, 0.1) is 5.92 Å². The zero-order valence-electron chi connectivity index (χ0n) is 12.8. The number of nitrogens with zero attached hydrogens (tertiary/aromatic N) is 1. The van der Waals surface area contributed by atoms with Gasteiger partial charge in [-0.25, -0.2) is 0 Å². The maximum absolute atomic E-state index is 12.7. The molecule has 21 heavy (non-hydrogen) atoms. The Labute approximate surface area is 127 Å². The number of rotatable bonds is 5. The molecule has 2 fully saturated rings. The number of anilines is 1. The highest BCUT2D eigenvalue weighted by molar-refractivity contribution is 5.77. The minimum absolute atomic E-state index is 0.354. The molecule has 0 heterocycles. The second-order valence-electron chi connectivity index (χ2n) is 6.71. The molecule has 0 radical (unpaired) electrons. The monoisotopic (exact) mass is 286 g/mol. The van der Waals surface area contributed by atoms with Crippen molar-refractivity contribution >= 4 is 11.6 Å². The summed E-state index contributed by atoms with van der Waals surface area (Å²) in [5.74, 6) is 0.972. The highest BCUT2D eigenvalue weighted by Gasteiger charge is 2.33. The summed E-state index contributed by atoms with van der Waals surface area (Å²) in [5, 5.41) is 0. The number of carbonyl (C=O) groups excluding carboxylic acids is 1. The van der Waals surface area contributed by atoms with Gasteiger partial charge in [0.25, 0.3) is 0 Å². The molecule has 0 aromatic heterocycles. The van der Waals surface area contributed by atoms with Crippen LogP contribution in [-0.4, -0.2) is 16.8 Å². The van der Waals surface area contributed by atoms with Crippen LogP contribution >= 0.6 is 0 Å². The van der Waals surface area contributed by atoms with E-state index in [-0.39, 0.29) is 0 Å². The first-order valence-electron chi connectivity index (χ1n) is 8.36. The van der Waals surface area contributed by atoms with Crippen molar-refractivity contribution in [1.29, 1.82) is 0 Å². The van der Waals surface area contributed by atoms with E-state index in [0.29, 0.717) is 17.9 Å². The molecule has 0 aliphatic heterocycles. The average Bonchev–Trinajstić information content (AvgIpc) is 3.30. The topological polar surface area (TPSA) is 46.3 Å². The molecule has 1 aromatic carbocycles. The first kappa shape index (κ1) is 14.4. The fourth-order valence-electron chi connectivity index (χ4n) is 3.45. The Kier molecular flexibility index (Phi) is 4.47. The summed E-state index contributed by atoms with van der Waals surface area (Å²) >= 11 is 0. The smallest absolute Gasteiger partial charge is 0.223 e. The number of carbonyl (C=O) groups is 1. The first-order valence-corrected chi connectivity index (χ1v) is 8.36. The number of hydrogen-bond donors (Lipinski definition) is 1. The van der Waals surface area contributed by atoms with Crippen LogP contribution in [0.2, 0.25) is 0 Å². The van der Waals surface area contributed by atoms with E-state index in [2.05, 4.69) is 11.0 Å². The number of nitrogen functional groups attached to an aromatic ring is 1. The van der Waals surface area contributed by atoms with E-state index in [9.17, 15) is 4.79 Å². The van der Waals surface area contributed by atoms with E-state index in [1.807, 2.05) is 18.2 Å². The zero-order chi connectivity index (χ0) is 14.7. The van der Waals surface area contributed by atoms with Gasteiger partial charge in [0.05, 0.1) is 0 Å². The van der Waals surface area contributed by atoms with Gasteiger partial charge in [-0.2, -0.15) is 0 Å². The molecule has 0 atom stereocenters. The molecule has 1 amide bonds. The number of benzene rings is 1. The molecule has 2 N–H and O–H groups in total. The maximum Gasteiger partial charge on any atom is 0.223 e. The third-order valence-corrected chi connectivity index (χ3v) is 4.80. The fraction of sp³-hybridized carbons (Fsp3) is 0.611. The quantitative estimate of drug-likeness (QED) is 0.838. The molecular weight excluding hydrogens is 260 g/mol. The van der Waals surface area contributed by atoms with Crippen LogP contribution in [0.25, 0.3) is 0 Å². The van der Waals surface area contributed by atoms with Crippen LogP contribution in [0.1, 0.15) is 56.9 Å². The van der Waals surface area contributed by atoms with Gasteiger partial charge in [0, 0.05) is 24.7 Å². The van der Waals surface area contributed by atoms with E-state index in [1.165, 1.54) is 44.9 Å². The molecule has 3 heteroatoms. The van der Waals surface area contributed by atoms with E-state index >= 15 is 0 Å². The number of nitrogens with two attached hydrogens (primary N) is 1. The Hall–Kier alpha value is -1.51. The molecular formula is C18H26N2O. The molecule has 2 aliphatic rings. The van der Waals surface area contributed by atoms with Crippen molar-refractivity contribution in [3.63, 3.8) is 0 Å². The van der Waals surface area contributed by atoms with Gasteiger partial charge in [0.2, 0.25) is 5.91 Å². The summed E-state index contributed by atoms with van der Waals surface area (Å²) in [6.45, 7) is 0.723. The van der Waals surface area contributed by atoms with Gasteiger partial charge in [0.15, 0.2) is 0 Å². The van der Waals surface area contributed by atoms with E-state index in [0.717, 1.165) is 24.2 Å². The number of amides is 1. The normalized spacial score (nSPS) is 19.4. The minimum atomic E-state index is 0.354. The van der Waals surface area contributed by atoms with Crippen molar-refractivity contribution in [1.82, 2.24) is 4.90 Å². The van der Waals surface area contributed by atoms with Crippen molar-refractivity contribution in [2.45, 2.75) is 64.0 Å². The predicted octanol–water partition coefficient (Wildman–Crippen LogP) is 3.73. The summed E-state index contributed by atoms with van der Waals surface area (Å²) in [5.41, 5.74) is 7.78. The first-order chi connectivity index (χ1) is 10.2. The van der Waals surface area contributed by atoms with Crippen LogP contribution in [0.3, 0.4) is 0 Å². The van der Waals surface area contributed by atoms with E-state index in [4.69, 9.17) is 5.73 Å². The van der Waals surface area contributed by atoms with Gasteiger partial charge in [-0.3, -0.25) is 4.79 Å². The lowest BCUT2D eigenvalue weighted by Crippen LogP contribution is -2.34. The predicted molar refractivity (Wildman–Crippen MR) is 85.6 cm³/mol. The van der Waals surface area contributed by atoms with Gasteiger partial charge >= 0.3 is 0 Å². The summed E-state index contributed by atoms with van der Waals surface area (Å²) < 4.78 is 0. The third-order valence-electron chi connectivity index (χ3n) is 4.80. The Morgan fingerprint density at radius 3 is 2.57 bits per heavy atom. The molecule has 0 saturated heterocycles. The molecule has 114 valence electrons. The van der Waals surface area contributed by atoms with Crippen LogP contribution in [0.15, 0.2) is 24.3 Å². The lowest BCUT2D eigenvalue weighted by atomic mass is 9.86. The van der Waals surface area contributed by atoms with Crippen LogP contribution in [-0.2, 0) is 11.3 Å². The zero-order valence-corrected chi connectivity index (χ0v) is 12.8. The lowest BCUT2D eigenvalue weighted by molar-refractivity contribution is -0.133. The maximum atomic E-state index is 12.7. The van der Waals surface area contributed by atoms with E-state index in [1.54, 1.807) is 0 Å². The van der Waals surface area contributed by atoms with Crippen molar-refractivity contribution in [2.24, 2.45) is 5.92 Å². The van der Waals surface area contributed by atoms with Gasteiger partial charge in [-0.1, -0.05) is 31.4 Å². The molecule has 0 bridgehead atoms. The number of hydrogen-bond acceptors (Lipinski definition) is 2. The highest BCUT2D eigenvalue weighted by Crippen LogP contribution is 2.32. The summed E-state index contributed by atoms with van der Waals surface area (Å²) in [4.78, 5) is 14.8. The van der Waals surface area contributed by atoms with E-state index < -0.39 is 0 Å². The molecule has 3 nitrogen and oxygen atoms in total. The van der Waals surface area contributed by atoms with Crippen molar-refractivity contribution in [3.05, 3.63) is 29.8 Å². The highest BCUT2D eigenvalue weighted by atomic mass is 16.2. The molecule has 3 rings (SSSR count). The minimum Gasteiger partial charge on any atom is -0.399 e. The van der Waals surface area contributed by atoms with Crippen molar-refractivity contribution < 1.29 is 4.79 Å². The van der Waals surface area contributed by atoms with Crippen molar-refractivity contribution in [2.75, 3.05) is 5.73 Å². The largest absolute Gasteiger partial charge is 0.399 e. The van der Waals surface area contributed by atoms with Crippen molar-refractivity contribution in [3.8, 4) is 0 Å². The lowest BCUT2D eigenvalue weighted by Gasteiger charge is -2.27. The van der Waals surface area contributed by atoms with Crippen LogP contribution < -0.4 is 5.73 Å². The Balaban J connectivity index is 1.62. The second-order valence-corrected chi connectivity index (χ2v) is 6.71. The molecule has 0 spiro atoms. The molecule has 2 aliphatic carbocycles. The van der Waals surface area contributed by atoms with Gasteiger partial charge < -0.3 is 10.6 Å². The summed E-state index contributed by atoms with van der Waals surface area (Å²) in [6.07, 6.45) is 9.51. The van der Waals surface area contributed by atoms with Crippen LogP contribution in [0.4, 0.5) is 5.69 Å².